The number of carbonyl (C=O) groups is 2. The molecule has 0 atom stereocenters. The van der Waals surface area contributed by atoms with E-state index in [2.05, 4.69) is 25.4 Å². The van der Waals surface area contributed by atoms with Gasteiger partial charge in [0.2, 0.25) is 5.91 Å². The molecule has 3 fully saturated rings. The standard InChI is InChI=1S/C32H36F2N8O5S/c33-32(34)47-27-3-2-22(48-23-19-46-20-23)14-24(27)29-26(37-31(44)25-15-36-42-7-1-6-35-30(25)42)17-41(38-29)18-28(43)40-10-8-39(9-11-40)16-21-4-12-45-13-5-21/h1-3,6-7,14-15,17,21,23,32H,4-5,8-13,16,18-20H2,(H,37,44). The van der Waals surface area contributed by atoms with E-state index in [-0.39, 0.29) is 46.0 Å². The van der Waals surface area contributed by atoms with Gasteiger partial charge in [-0.3, -0.25) is 19.2 Å². The molecule has 13 nitrogen and oxygen atoms in total. The lowest BCUT2D eigenvalue weighted by molar-refractivity contribution is -0.133. The van der Waals surface area contributed by atoms with Gasteiger partial charge >= 0.3 is 6.61 Å². The van der Waals surface area contributed by atoms with Crippen LogP contribution < -0.4 is 10.1 Å². The summed E-state index contributed by atoms with van der Waals surface area (Å²) < 4.78 is 45.7. The summed E-state index contributed by atoms with van der Waals surface area (Å²) in [6, 6.07) is 6.57. The summed E-state index contributed by atoms with van der Waals surface area (Å²) in [7, 11) is 0. The van der Waals surface area contributed by atoms with Crippen molar-refractivity contribution in [1.82, 2.24) is 34.2 Å². The third kappa shape index (κ3) is 7.46. The molecule has 7 rings (SSSR count). The van der Waals surface area contributed by atoms with Crippen molar-refractivity contribution in [3.05, 3.63) is 54.6 Å². The molecule has 0 saturated carbocycles. The minimum Gasteiger partial charge on any atom is -0.434 e. The first-order valence-electron chi connectivity index (χ1n) is 16.0. The number of hydrogen-bond donors (Lipinski definition) is 1. The van der Waals surface area contributed by atoms with Crippen LogP contribution in [0, 0.1) is 5.92 Å². The van der Waals surface area contributed by atoms with Gasteiger partial charge in [-0.1, -0.05) is 0 Å². The molecule has 3 aliphatic heterocycles. The molecule has 0 bridgehead atoms. The van der Waals surface area contributed by atoms with E-state index in [9.17, 15) is 18.4 Å². The average molecular weight is 683 g/mol. The summed E-state index contributed by atoms with van der Waals surface area (Å²) in [5.74, 6) is -0.140. The minimum absolute atomic E-state index is 0.0972. The quantitative estimate of drug-likeness (QED) is 0.251. The second kappa shape index (κ2) is 14.6. The highest BCUT2D eigenvalue weighted by atomic mass is 32.2. The van der Waals surface area contributed by atoms with Crippen LogP contribution in [-0.4, -0.2) is 117 Å². The van der Waals surface area contributed by atoms with Gasteiger partial charge < -0.3 is 24.4 Å². The Morgan fingerprint density at radius 1 is 1.10 bits per heavy atom. The molecule has 48 heavy (non-hydrogen) atoms. The Bertz CT molecular complexity index is 1750. The molecule has 0 aliphatic carbocycles. The van der Waals surface area contributed by atoms with Gasteiger partial charge in [-0.15, -0.1) is 11.8 Å². The first-order chi connectivity index (χ1) is 23.4. The average Bonchev–Trinajstić information content (AvgIpc) is 3.68. The fourth-order valence-electron chi connectivity index (χ4n) is 6.12. The van der Waals surface area contributed by atoms with Crippen molar-refractivity contribution in [2.24, 2.45) is 5.92 Å². The van der Waals surface area contributed by atoms with Crippen LogP contribution in [0.4, 0.5) is 14.5 Å². The summed E-state index contributed by atoms with van der Waals surface area (Å²) in [5.41, 5.74) is 1.21. The minimum atomic E-state index is -3.08. The Hall–Kier alpha value is -4.12. The number of alkyl halides is 2. The molecule has 2 amide bonds. The second-order valence-corrected chi connectivity index (χ2v) is 13.4. The molecule has 3 aliphatic rings. The Balaban J connectivity index is 1.14. The molecule has 6 heterocycles. The molecule has 0 radical (unpaired) electrons. The number of piperazine rings is 1. The summed E-state index contributed by atoms with van der Waals surface area (Å²) in [6.45, 7) is 3.38. The number of thioether (sulfide) groups is 1. The lowest BCUT2D eigenvalue weighted by atomic mass is 9.99. The molecule has 3 saturated heterocycles. The van der Waals surface area contributed by atoms with E-state index < -0.39 is 12.5 Å². The number of benzene rings is 1. The summed E-state index contributed by atoms with van der Waals surface area (Å²) >= 11 is 1.55. The summed E-state index contributed by atoms with van der Waals surface area (Å²) in [6.07, 6.45) is 8.29. The van der Waals surface area contributed by atoms with Crippen molar-refractivity contribution >= 4 is 34.9 Å². The molecule has 16 heteroatoms. The number of rotatable bonds is 11. The normalized spacial score (nSPS) is 17.9. The van der Waals surface area contributed by atoms with E-state index in [1.54, 1.807) is 42.4 Å². The molecule has 254 valence electrons. The van der Waals surface area contributed by atoms with E-state index in [1.165, 1.54) is 27.7 Å². The molecule has 0 spiro atoms. The number of fused-ring (bicyclic) bond motifs is 1. The molecule has 0 unspecified atom stereocenters. The van der Waals surface area contributed by atoms with Gasteiger partial charge in [-0.2, -0.15) is 19.0 Å². The van der Waals surface area contributed by atoms with Gasteiger partial charge in [0.15, 0.2) is 5.65 Å². The molecule has 1 N–H and O–H groups in total. The number of halogens is 2. The largest absolute Gasteiger partial charge is 0.434 e. The monoisotopic (exact) mass is 682 g/mol. The lowest BCUT2D eigenvalue weighted by Crippen LogP contribution is -2.50. The molecule has 4 aromatic rings. The maximum Gasteiger partial charge on any atom is 0.387 e. The van der Waals surface area contributed by atoms with Gasteiger partial charge in [0.05, 0.1) is 30.3 Å². The van der Waals surface area contributed by atoms with Crippen LogP contribution in [0.3, 0.4) is 0 Å². The first kappa shape index (κ1) is 32.4. The Kier molecular flexibility index (Phi) is 9.83. The fourth-order valence-corrected chi connectivity index (χ4v) is 7.17. The van der Waals surface area contributed by atoms with E-state index in [0.29, 0.717) is 37.9 Å². The molecular formula is C32H36F2N8O5S. The van der Waals surface area contributed by atoms with Crippen molar-refractivity contribution in [2.45, 2.75) is 36.1 Å². The van der Waals surface area contributed by atoms with Crippen LogP contribution in [0.2, 0.25) is 0 Å². The van der Waals surface area contributed by atoms with Crippen molar-refractivity contribution in [3.8, 4) is 17.0 Å². The van der Waals surface area contributed by atoms with Gasteiger partial charge in [0.1, 0.15) is 23.6 Å². The zero-order chi connectivity index (χ0) is 33.0. The predicted octanol–water partition coefficient (Wildman–Crippen LogP) is 3.51. The highest BCUT2D eigenvalue weighted by Gasteiger charge is 2.27. The van der Waals surface area contributed by atoms with Crippen LogP contribution >= 0.6 is 11.8 Å². The van der Waals surface area contributed by atoms with Crippen molar-refractivity contribution < 1.29 is 32.6 Å². The second-order valence-electron chi connectivity index (χ2n) is 12.0. The topological polar surface area (TPSA) is 128 Å². The molecule has 3 aromatic heterocycles. The zero-order valence-corrected chi connectivity index (χ0v) is 27.0. The van der Waals surface area contributed by atoms with E-state index in [4.69, 9.17) is 14.2 Å². The SMILES string of the molecule is O=C(Nc1cn(CC(=O)N2CCN(CC3CCOCC3)CC2)nc1-c1cc(SC2COC2)ccc1OC(F)F)c1cnn2cccnc12. The van der Waals surface area contributed by atoms with E-state index >= 15 is 0 Å². The van der Waals surface area contributed by atoms with Crippen LogP contribution in [-0.2, 0) is 20.8 Å². The highest BCUT2D eigenvalue weighted by molar-refractivity contribution is 8.00. The number of nitrogens with one attached hydrogen (secondary N) is 1. The van der Waals surface area contributed by atoms with Crippen molar-refractivity contribution in [3.63, 3.8) is 0 Å². The Labute approximate surface area is 279 Å². The number of ether oxygens (including phenoxy) is 3. The van der Waals surface area contributed by atoms with E-state index in [0.717, 1.165) is 50.6 Å². The zero-order valence-electron chi connectivity index (χ0n) is 26.2. The van der Waals surface area contributed by atoms with Crippen LogP contribution in [0.15, 0.2) is 53.9 Å². The van der Waals surface area contributed by atoms with Gasteiger partial charge in [0.25, 0.3) is 5.91 Å². The number of aromatic nitrogens is 5. The highest BCUT2D eigenvalue weighted by Crippen LogP contribution is 2.39. The van der Waals surface area contributed by atoms with Crippen LogP contribution in [0.1, 0.15) is 23.2 Å². The molecule has 1 aromatic carbocycles. The van der Waals surface area contributed by atoms with Crippen LogP contribution in [0.5, 0.6) is 5.75 Å². The third-order valence-corrected chi connectivity index (χ3v) is 9.88. The number of carbonyl (C=O) groups excluding carboxylic acids is 2. The van der Waals surface area contributed by atoms with Gasteiger partial charge in [0, 0.05) is 75.0 Å². The van der Waals surface area contributed by atoms with Crippen molar-refractivity contribution in [1.29, 1.82) is 0 Å². The smallest absolute Gasteiger partial charge is 0.387 e. The lowest BCUT2D eigenvalue weighted by Gasteiger charge is -2.37. The first-order valence-corrected chi connectivity index (χ1v) is 16.9. The number of anilines is 1. The number of amides is 2. The Morgan fingerprint density at radius 2 is 1.92 bits per heavy atom. The summed E-state index contributed by atoms with van der Waals surface area (Å²) in [4.78, 5) is 36.3. The van der Waals surface area contributed by atoms with Gasteiger partial charge in [-0.25, -0.2) is 9.50 Å². The number of hydrogen-bond acceptors (Lipinski definition) is 10. The van der Waals surface area contributed by atoms with Crippen molar-refractivity contribution in [2.75, 3.05) is 64.5 Å². The fraction of sp³-hybridized carbons (Fsp3) is 0.469. The maximum atomic E-state index is 13.6. The summed E-state index contributed by atoms with van der Waals surface area (Å²) in [5, 5.41) is 11.9. The molecular weight excluding hydrogens is 646 g/mol. The van der Waals surface area contributed by atoms with E-state index in [1.807, 2.05) is 4.90 Å². The Morgan fingerprint density at radius 3 is 2.67 bits per heavy atom. The predicted molar refractivity (Wildman–Crippen MR) is 172 cm³/mol. The van der Waals surface area contributed by atoms with Crippen LogP contribution in [0.25, 0.3) is 16.9 Å². The number of nitrogens with zero attached hydrogens (tertiary/aromatic N) is 7. The third-order valence-electron chi connectivity index (χ3n) is 8.75. The maximum absolute atomic E-state index is 13.6. The van der Waals surface area contributed by atoms with Gasteiger partial charge in [-0.05, 0) is 43.0 Å².